The van der Waals surface area contributed by atoms with Gasteiger partial charge in [-0.25, -0.2) is 9.80 Å². The van der Waals surface area contributed by atoms with Gasteiger partial charge in [0.15, 0.2) is 11.5 Å². The quantitative estimate of drug-likeness (QED) is 0.172. The molecule has 8 heteroatoms. The van der Waals surface area contributed by atoms with Crippen LogP contribution in [0.5, 0.6) is 17.2 Å². The van der Waals surface area contributed by atoms with Crippen molar-refractivity contribution in [2.24, 2.45) is 5.10 Å². The molecule has 0 N–H and O–H groups in total. The Balaban J connectivity index is 1.38. The van der Waals surface area contributed by atoms with Crippen molar-refractivity contribution in [2.75, 3.05) is 7.11 Å². The molecule has 0 saturated carbocycles. The zero-order chi connectivity index (χ0) is 27.1. The molecule has 4 aromatic rings. The van der Waals surface area contributed by atoms with E-state index in [1.54, 1.807) is 12.1 Å². The molecule has 39 heavy (non-hydrogen) atoms. The number of halogens is 2. The minimum absolute atomic E-state index is 0.0588. The van der Waals surface area contributed by atoms with Gasteiger partial charge in [0.2, 0.25) is 6.23 Å². The van der Waals surface area contributed by atoms with Gasteiger partial charge in [-0.1, -0.05) is 59.6 Å². The fourth-order valence-corrected chi connectivity index (χ4v) is 5.63. The third-order valence-electron chi connectivity index (χ3n) is 6.88. The number of fused-ring (bicyclic) bond motifs is 3. The monoisotopic (exact) mass is 602 g/mol. The van der Waals surface area contributed by atoms with Crippen LogP contribution < -0.4 is 14.2 Å². The molecule has 2 atom stereocenters. The Kier molecular flexibility index (Phi) is 6.79. The SMILES string of the molecule is COc1cc([C@H]2Oc3ccc(Cl)cc3[C@@H]3CC(c4ccccc4)=NN23)cc(Br)c1OC(=O)c1ccc(C)cc1. The fourth-order valence-electron chi connectivity index (χ4n) is 4.91. The van der Waals surface area contributed by atoms with Crippen LogP contribution in [-0.2, 0) is 0 Å². The predicted molar refractivity (Wildman–Crippen MR) is 154 cm³/mol. The van der Waals surface area contributed by atoms with Crippen LogP contribution in [0.25, 0.3) is 0 Å². The predicted octanol–water partition coefficient (Wildman–Crippen LogP) is 7.88. The zero-order valence-corrected chi connectivity index (χ0v) is 23.6. The molecule has 0 unspecified atom stereocenters. The number of rotatable bonds is 5. The van der Waals surface area contributed by atoms with E-state index in [1.807, 2.05) is 72.6 Å². The number of nitrogens with zero attached hydrogens (tertiary/aromatic N) is 2. The smallest absolute Gasteiger partial charge is 0.343 e. The summed E-state index contributed by atoms with van der Waals surface area (Å²) in [5.41, 5.74) is 5.32. The Labute approximate surface area is 239 Å². The Bertz CT molecular complexity index is 1590. The first-order valence-electron chi connectivity index (χ1n) is 12.4. The van der Waals surface area contributed by atoms with Gasteiger partial charge in [0.25, 0.3) is 0 Å². The average Bonchev–Trinajstić information content (AvgIpc) is 3.40. The average molecular weight is 604 g/mol. The van der Waals surface area contributed by atoms with Crippen molar-refractivity contribution in [3.05, 3.63) is 122 Å². The minimum atomic E-state index is -0.545. The number of hydrogen-bond acceptors (Lipinski definition) is 6. The van der Waals surface area contributed by atoms with E-state index in [-0.39, 0.29) is 6.04 Å². The highest BCUT2D eigenvalue weighted by atomic mass is 79.9. The standard InChI is InChI=1S/C31H24BrClN2O4/c1-18-8-10-20(11-9-18)31(36)39-29-24(32)14-21(15-28(29)37-2)30-35-26(23-16-22(33)12-13-27(23)38-30)17-25(34-35)19-6-4-3-5-7-19/h3-16,26,30H,17H2,1-2H3/t26-,30+/m0/s1. The van der Waals surface area contributed by atoms with Crippen LogP contribution in [0.2, 0.25) is 5.02 Å². The zero-order valence-electron chi connectivity index (χ0n) is 21.2. The van der Waals surface area contributed by atoms with Gasteiger partial charge in [0, 0.05) is 22.6 Å². The molecule has 0 saturated heterocycles. The molecule has 0 fully saturated rings. The molecule has 0 amide bonds. The summed E-state index contributed by atoms with van der Waals surface area (Å²) in [5, 5.41) is 7.63. The van der Waals surface area contributed by atoms with E-state index >= 15 is 0 Å². The van der Waals surface area contributed by atoms with Gasteiger partial charge in [-0.2, -0.15) is 5.10 Å². The molecule has 2 aliphatic rings. The molecule has 6 rings (SSSR count). The number of esters is 1. The van der Waals surface area contributed by atoms with Crippen molar-refractivity contribution in [3.63, 3.8) is 0 Å². The Hall–Kier alpha value is -3.81. The molecule has 0 radical (unpaired) electrons. The summed E-state index contributed by atoms with van der Waals surface area (Å²) < 4.78 is 18.5. The third-order valence-corrected chi connectivity index (χ3v) is 7.70. The van der Waals surface area contributed by atoms with Crippen molar-refractivity contribution in [2.45, 2.75) is 25.6 Å². The second-order valence-corrected chi connectivity index (χ2v) is 10.7. The number of methoxy groups -OCH3 is 1. The van der Waals surface area contributed by atoms with E-state index in [0.29, 0.717) is 33.0 Å². The summed E-state index contributed by atoms with van der Waals surface area (Å²) in [6, 6.07) is 26.6. The first-order valence-corrected chi connectivity index (χ1v) is 13.6. The van der Waals surface area contributed by atoms with Crippen molar-refractivity contribution < 1.29 is 19.0 Å². The van der Waals surface area contributed by atoms with E-state index in [2.05, 4.69) is 28.1 Å². The summed E-state index contributed by atoms with van der Waals surface area (Å²) in [6.45, 7) is 1.96. The minimum Gasteiger partial charge on any atom is -0.493 e. The summed E-state index contributed by atoms with van der Waals surface area (Å²) in [5.74, 6) is 0.966. The van der Waals surface area contributed by atoms with Crippen LogP contribution in [0.3, 0.4) is 0 Å². The molecule has 0 spiro atoms. The van der Waals surface area contributed by atoms with Crippen LogP contribution in [0, 0.1) is 6.92 Å². The number of ether oxygens (including phenoxy) is 3. The summed E-state index contributed by atoms with van der Waals surface area (Å²) in [7, 11) is 1.54. The van der Waals surface area contributed by atoms with Gasteiger partial charge in [0.1, 0.15) is 5.75 Å². The molecular weight excluding hydrogens is 580 g/mol. The Morgan fingerprint density at radius 2 is 1.82 bits per heavy atom. The van der Waals surface area contributed by atoms with Crippen molar-refractivity contribution in [3.8, 4) is 17.2 Å². The maximum atomic E-state index is 12.9. The first-order chi connectivity index (χ1) is 18.9. The first kappa shape index (κ1) is 25.5. The molecule has 2 aliphatic heterocycles. The number of carbonyl (C=O) groups excluding carboxylic acids is 1. The molecule has 2 heterocycles. The molecule has 0 aliphatic carbocycles. The van der Waals surface area contributed by atoms with Crippen molar-refractivity contribution in [1.29, 1.82) is 0 Å². The highest BCUT2D eigenvalue weighted by Gasteiger charge is 2.41. The number of hydrogen-bond donors (Lipinski definition) is 0. The fraction of sp³-hybridized carbons (Fsp3) is 0.161. The number of benzene rings is 4. The van der Waals surface area contributed by atoms with Crippen molar-refractivity contribution in [1.82, 2.24) is 5.01 Å². The molecule has 0 bridgehead atoms. The normalized spacial score (nSPS) is 17.5. The van der Waals surface area contributed by atoms with E-state index in [4.69, 9.17) is 30.9 Å². The number of aryl methyl sites for hydroxylation is 1. The van der Waals surface area contributed by atoms with E-state index in [0.717, 1.165) is 33.7 Å². The maximum Gasteiger partial charge on any atom is 0.343 e. The van der Waals surface area contributed by atoms with E-state index < -0.39 is 12.2 Å². The summed E-state index contributed by atoms with van der Waals surface area (Å²) in [4.78, 5) is 12.9. The lowest BCUT2D eigenvalue weighted by Gasteiger charge is -2.38. The lowest BCUT2D eigenvalue weighted by atomic mass is 9.96. The molecule has 0 aromatic heterocycles. The highest BCUT2D eigenvalue weighted by molar-refractivity contribution is 9.10. The number of hydrazone groups is 1. The lowest BCUT2D eigenvalue weighted by molar-refractivity contribution is -0.0192. The second-order valence-electron chi connectivity index (χ2n) is 9.45. The van der Waals surface area contributed by atoms with Crippen LogP contribution >= 0.6 is 27.5 Å². The Morgan fingerprint density at radius 1 is 1.05 bits per heavy atom. The maximum absolute atomic E-state index is 12.9. The van der Waals surface area contributed by atoms with Crippen LogP contribution in [0.1, 0.15) is 51.3 Å². The van der Waals surface area contributed by atoms with Gasteiger partial charge in [-0.3, -0.25) is 0 Å². The van der Waals surface area contributed by atoms with Gasteiger partial charge in [0.05, 0.1) is 28.9 Å². The number of carbonyl (C=O) groups is 1. The van der Waals surface area contributed by atoms with Crippen LogP contribution in [0.4, 0.5) is 0 Å². The van der Waals surface area contributed by atoms with Crippen LogP contribution in [-0.4, -0.2) is 23.8 Å². The largest absolute Gasteiger partial charge is 0.493 e. The topological polar surface area (TPSA) is 60.4 Å². The molecule has 6 nitrogen and oxygen atoms in total. The van der Waals surface area contributed by atoms with Gasteiger partial charge < -0.3 is 14.2 Å². The van der Waals surface area contributed by atoms with E-state index in [1.165, 1.54) is 7.11 Å². The molecular formula is C31H24BrClN2O4. The molecule has 4 aromatic carbocycles. The summed E-state index contributed by atoms with van der Waals surface area (Å²) >= 11 is 9.97. The molecule has 196 valence electrons. The second kappa shape index (κ2) is 10.4. The Morgan fingerprint density at radius 3 is 2.56 bits per heavy atom. The van der Waals surface area contributed by atoms with Gasteiger partial charge >= 0.3 is 5.97 Å². The van der Waals surface area contributed by atoms with Crippen molar-refractivity contribution >= 4 is 39.2 Å². The van der Waals surface area contributed by atoms with Crippen LogP contribution in [0.15, 0.2) is 94.5 Å². The lowest BCUT2D eigenvalue weighted by Crippen LogP contribution is -2.33. The third kappa shape index (κ3) is 4.88. The summed E-state index contributed by atoms with van der Waals surface area (Å²) in [6.07, 6.45) is 0.166. The van der Waals surface area contributed by atoms with Gasteiger partial charge in [-0.05, 0) is 70.9 Å². The van der Waals surface area contributed by atoms with E-state index in [9.17, 15) is 4.79 Å². The highest BCUT2D eigenvalue weighted by Crippen LogP contribution is 2.50. The van der Waals surface area contributed by atoms with Gasteiger partial charge in [-0.15, -0.1) is 0 Å².